The van der Waals surface area contributed by atoms with Crippen LogP contribution in [0.4, 0.5) is 0 Å². The van der Waals surface area contributed by atoms with Gasteiger partial charge in [-0.15, -0.1) is 0 Å². The quantitative estimate of drug-likeness (QED) is 0.792. The molecule has 2 aliphatic rings. The first-order valence-corrected chi connectivity index (χ1v) is 7.86. The Bertz CT molecular complexity index is 231. The fourth-order valence-electron chi connectivity index (χ4n) is 3.66. The van der Waals surface area contributed by atoms with Crippen LogP contribution in [-0.2, 0) is 0 Å². The molecule has 0 aromatic heterocycles. The lowest BCUT2D eigenvalue weighted by molar-refractivity contribution is 0.0223. The van der Waals surface area contributed by atoms with Gasteiger partial charge in [-0.1, -0.05) is 32.1 Å². The van der Waals surface area contributed by atoms with Gasteiger partial charge in [0.25, 0.3) is 0 Å². The maximum Gasteiger partial charge on any atom is 0.0681 e. The normalized spacial score (nSPS) is 32.8. The summed E-state index contributed by atoms with van der Waals surface area (Å²) in [6.45, 7) is 5.29. The average molecular weight is 254 g/mol. The Morgan fingerprint density at radius 3 is 2.28 bits per heavy atom. The van der Waals surface area contributed by atoms with Gasteiger partial charge in [0.2, 0.25) is 0 Å². The van der Waals surface area contributed by atoms with E-state index in [1.165, 1.54) is 44.9 Å². The molecule has 1 saturated heterocycles. The molecule has 3 nitrogen and oxygen atoms in total. The monoisotopic (exact) mass is 254 g/mol. The van der Waals surface area contributed by atoms with Crippen LogP contribution < -0.4 is 5.43 Å². The lowest BCUT2D eigenvalue weighted by Crippen LogP contribution is -2.53. The second-order valence-electron chi connectivity index (χ2n) is 6.44. The molecule has 0 aromatic carbocycles. The molecule has 1 aliphatic heterocycles. The van der Waals surface area contributed by atoms with E-state index in [-0.39, 0.29) is 6.10 Å². The van der Waals surface area contributed by atoms with Crippen LogP contribution in [0.2, 0.25) is 0 Å². The summed E-state index contributed by atoms with van der Waals surface area (Å²) in [6.07, 6.45) is 10.1. The highest BCUT2D eigenvalue weighted by molar-refractivity contribution is 4.78. The first-order chi connectivity index (χ1) is 8.66. The molecule has 1 aliphatic carbocycles. The summed E-state index contributed by atoms with van der Waals surface area (Å²) < 4.78 is 0. The average Bonchev–Trinajstić information content (AvgIpc) is 2.81. The predicted octanol–water partition coefficient (Wildman–Crippen LogP) is 2.70. The number of aliphatic hydroxyl groups excluding tert-OH is 1. The minimum absolute atomic E-state index is 0.172. The van der Waals surface area contributed by atoms with Crippen LogP contribution in [0.15, 0.2) is 0 Å². The number of hydrogen-bond acceptors (Lipinski definition) is 3. The van der Waals surface area contributed by atoms with Crippen molar-refractivity contribution in [2.45, 2.75) is 83.4 Å². The topological polar surface area (TPSA) is 35.5 Å². The first-order valence-electron chi connectivity index (χ1n) is 7.86. The number of hydrogen-bond donors (Lipinski definition) is 2. The van der Waals surface area contributed by atoms with Gasteiger partial charge in [0, 0.05) is 18.6 Å². The summed E-state index contributed by atoms with van der Waals surface area (Å²) >= 11 is 0. The standard InChI is InChI=1S/C15H30N2O/c1-12-6-5-7-13(2)17(12)16-11-15(18)10-14-8-3-4-9-14/h12-16,18H,3-11H2,1-2H3. The molecule has 3 atom stereocenters. The van der Waals surface area contributed by atoms with Gasteiger partial charge in [0.05, 0.1) is 6.10 Å². The van der Waals surface area contributed by atoms with Crippen LogP contribution in [-0.4, -0.2) is 34.8 Å². The lowest BCUT2D eigenvalue weighted by Gasteiger charge is -2.39. The molecular weight excluding hydrogens is 224 g/mol. The Labute approximate surface area is 112 Å². The molecule has 1 heterocycles. The van der Waals surface area contributed by atoms with Crippen molar-refractivity contribution in [1.82, 2.24) is 10.4 Å². The molecule has 18 heavy (non-hydrogen) atoms. The second-order valence-corrected chi connectivity index (χ2v) is 6.44. The molecule has 0 spiro atoms. The third kappa shape index (κ3) is 3.94. The maximum atomic E-state index is 10.1. The van der Waals surface area contributed by atoms with E-state index < -0.39 is 0 Å². The van der Waals surface area contributed by atoms with Gasteiger partial charge in [-0.3, -0.25) is 5.43 Å². The van der Waals surface area contributed by atoms with E-state index in [0.717, 1.165) is 18.9 Å². The van der Waals surface area contributed by atoms with Crippen molar-refractivity contribution in [2.24, 2.45) is 5.92 Å². The van der Waals surface area contributed by atoms with Crippen molar-refractivity contribution in [1.29, 1.82) is 0 Å². The number of nitrogens with zero attached hydrogens (tertiary/aromatic N) is 1. The van der Waals surface area contributed by atoms with Crippen molar-refractivity contribution in [3.8, 4) is 0 Å². The molecule has 2 N–H and O–H groups in total. The van der Waals surface area contributed by atoms with Crippen molar-refractivity contribution < 1.29 is 5.11 Å². The van der Waals surface area contributed by atoms with E-state index in [1.807, 2.05) is 0 Å². The molecule has 0 amide bonds. The largest absolute Gasteiger partial charge is 0.392 e. The van der Waals surface area contributed by atoms with Crippen molar-refractivity contribution in [2.75, 3.05) is 6.54 Å². The Kier molecular flexibility index (Phi) is 5.46. The third-order valence-corrected chi connectivity index (χ3v) is 4.78. The zero-order valence-electron chi connectivity index (χ0n) is 12.1. The van der Waals surface area contributed by atoms with Gasteiger partial charge in [-0.25, -0.2) is 5.01 Å². The Morgan fingerprint density at radius 1 is 1.06 bits per heavy atom. The van der Waals surface area contributed by atoms with Gasteiger partial charge in [-0.05, 0) is 39.0 Å². The van der Waals surface area contributed by atoms with Gasteiger partial charge in [-0.2, -0.15) is 0 Å². The Hall–Kier alpha value is -0.120. The molecule has 2 fully saturated rings. The zero-order chi connectivity index (χ0) is 13.0. The Balaban J connectivity index is 1.68. The van der Waals surface area contributed by atoms with Crippen LogP contribution >= 0.6 is 0 Å². The number of nitrogens with one attached hydrogen (secondary N) is 1. The molecule has 1 saturated carbocycles. The summed E-state index contributed by atoms with van der Waals surface area (Å²) in [5, 5.41) is 12.5. The van der Waals surface area contributed by atoms with Gasteiger partial charge in [0.1, 0.15) is 0 Å². The van der Waals surface area contributed by atoms with E-state index in [0.29, 0.717) is 12.1 Å². The Morgan fingerprint density at radius 2 is 1.67 bits per heavy atom. The van der Waals surface area contributed by atoms with E-state index in [2.05, 4.69) is 24.3 Å². The van der Waals surface area contributed by atoms with Gasteiger partial charge in [0.15, 0.2) is 0 Å². The van der Waals surface area contributed by atoms with Crippen LogP contribution in [0.5, 0.6) is 0 Å². The molecule has 2 rings (SSSR count). The SMILES string of the molecule is CC1CCCC(C)N1NCC(O)CC1CCCC1. The van der Waals surface area contributed by atoms with Crippen LogP contribution in [0.25, 0.3) is 0 Å². The van der Waals surface area contributed by atoms with Crippen LogP contribution in [0, 0.1) is 5.92 Å². The van der Waals surface area contributed by atoms with Crippen molar-refractivity contribution in [3.63, 3.8) is 0 Å². The van der Waals surface area contributed by atoms with E-state index in [4.69, 9.17) is 0 Å². The molecule has 106 valence electrons. The second kappa shape index (κ2) is 6.88. The number of hydrazine groups is 1. The summed E-state index contributed by atoms with van der Waals surface area (Å²) in [7, 11) is 0. The fourth-order valence-corrected chi connectivity index (χ4v) is 3.66. The summed E-state index contributed by atoms with van der Waals surface area (Å²) in [4.78, 5) is 0. The highest BCUT2D eigenvalue weighted by atomic mass is 16.3. The molecule has 3 heteroatoms. The predicted molar refractivity (Wildman–Crippen MR) is 75.2 cm³/mol. The molecular formula is C15H30N2O. The lowest BCUT2D eigenvalue weighted by atomic mass is 9.99. The number of rotatable bonds is 5. The minimum atomic E-state index is -0.172. The highest BCUT2D eigenvalue weighted by Gasteiger charge is 2.25. The van der Waals surface area contributed by atoms with Crippen molar-refractivity contribution in [3.05, 3.63) is 0 Å². The summed E-state index contributed by atoms with van der Waals surface area (Å²) in [5.74, 6) is 0.776. The third-order valence-electron chi connectivity index (χ3n) is 4.78. The van der Waals surface area contributed by atoms with E-state index in [9.17, 15) is 5.11 Å². The number of aliphatic hydroxyl groups is 1. The minimum Gasteiger partial charge on any atom is -0.392 e. The van der Waals surface area contributed by atoms with Gasteiger partial charge < -0.3 is 5.11 Å². The smallest absolute Gasteiger partial charge is 0.0681 e. The van der Waals surface area contributed by atoms with E-state index in [1.54, 1.807) is 0 Å². The van der Waals surface area contributed by atoms with E-state index >= 15 is 0 Å². The fraction of sp³-hybridized carbons (Fsp3) is 1.00. The van der Waals surface area contributed by atoms with Crippen LogP contribution in [0.3, 0.4) is 0 Å². The van der Waals surface area contributed by atoms with Gasteiger partial charge >= 0.3 is 0 Å². The first kappa shape index (κ1) is 14.3. The molecule has 0 bridgehead atoms. The maximum absolute atomic E-state index is 10.1. The highest BCUT2D eigenvalue weighted by Crippen LogP contribution is 2.28. The van der Waals surface area contributed by atoms with Crippen LogP contribution in [0.1, 0.15) is 65.2 Å². The summed E-state index contributed by atoms with van der Waals surface area (Å²) in [5.41, 5.74) is 3.48. The zero-order valence-corrected chi connectivity index (χ0v) is 12.1. The summed E-state index contributed by atoms with van der Waals surface area (Å²) in [6, 6.07) is 1.21. The molecule has 3 unspecified atom stereocenters. The van der Waals surface area contributed by atoms with Crippen molar-refractivity contribution >= 4 is 0 Å². The number of piperidine rings is 1. The molecule has 0 aromatic rings. The molecule has 0 radical (unpaired) electrons.